The third-order valence-electron chi connectivity index (χ3n) is 5.04. The molecule has 0 amide bonds. The lowest BCUT2D eigenvalue weighted by molar-refractivity contribution is 0.447. The van der Waals surface area contributed by atoms with Gasteiger partial charge < -0.3 is 15.5 Å². The Morgan fingerprint density at radius 1 is 1.30 bits per heavy atom. The fourth-order valence-electron chi connectivity index (χ4n) is 3.46. The Morgan fingerprint density at radius 2 is 2.15 bits per heavy atom. The molecule has 3 rings (SSSR count). The number of anilines is 3. The van der Waals surface area contributed by atoms with Crippen LogP contribution in [0.2, 0.25) is 0 Å². The molecule has 0 aliphatic carbocycles. The number of rotatable bonds is 6. The molecule has 0 bridgehead atoms. The SMILES string of the molecule is CCCc1cc(N2CCC[C@@H](NC)C2)nc(Nc2ccc(C)c(C#N)c2)n1. The number of hydrogen-bond donors (Lipinski definition) is 2. The topological polar surface area (TPSA) is 76.9 Å². The maximum absolute atomic E-state index is 9.26. The number of aryl methyl sites for hydroxylation is 2. The molecule has 1 aromatic carbocycles. The lowest BCUT2D eigenvalue weighted by Gasteiger charge is -2.33. The fraction of sp³-hybridized carbons (Fsp3) is 0.476. The Hall–Kier alpha value is -2.65. The van der Waals surface area contributed by atoms with E-state index in [4.69, 9.17) is 4.98 Å². The Morgan fingerprint density at radius 3 is 2.89 bits per heavy atom. The minimum absolute atomic E-state index is 0.495. The van der Waals surface area contributed by atoms with E-state index in [0.717, 1.165) is 55.1 Å². The quantitative estimate of drug-likeness (QED) is 0.816. The van der Waals surface area contributed by atoms with E-state index in [0.29, 0.717) is 17.6 Å². The summed E-state index contributed by atoms with van der Waals surface area (Å²) < 4.78 is 0. The van der Waals surface area contributed by atoms with Crippen molar-refractivity contribution in [2.24, 2.45) is 0 Å². The van der Waals surface area contributed by atoms with Crippen molar-refractivity contribution in [3.8, 4) is 6.07 Å². The second kappa shape index (κ2) is 8.83. The summed E-state index contributed by atoms with van der Waals surface area (Å²) in [6.45, 7) is 6.07. The summed E-state index contributed by atoms with van der Waals surface area (Å²) in [5.41, 5.74) is 3.52. The highest BCUT2D eigenvalue weighted by Crippen LogP contribution is 2.23. The van der Waals surface area contributed by atoms with Gasteiger partial charge in [-0.3, -0.25) is 0 Å². The molecular formula is C21H28N6. The van der Waals surface area contributed by atoms with Gasteiger partial charge in [-0.1, -0.05) is 19.4 Å². The van der Waals surface area contributed by atoms with Crippen LogP contribution in [0.4, 0.5) is 17.5 Å². The highest BCUT2D eigenvalue weighted by Gasteiger charge is 2.20. The second-order valence-electron chi connectivity index (χ2n) is 7.13. The first-order chi connectivity index (χ1) is 13.1. The molecule has 1 aromatic heterocycles. The fourth-order valence-corrected chi connectivity index (χ4v) is 3.46. The third kappa shape index (κ3) is 4.75. The van der Waals surface area contributed by atoms with Crippen LogP contribution in [0.1, 0.15) is 43.0 Å². The highest BCUT2D eigenvalue weighted by atomic mass is 15.2. The predicted octanol–water partition coefficient (Wildman–Crippen LogP) is 3.54. The normalized spacial score (nSPS) is 16.8. The number of nitrogens with zero attached hydrogens (tertiary/aromatic N) is 4. The van der Waals surface area contributed by atoms with Crippen LogP contribution in [-0.2, 0) is 6.42 Å². The predicted molar refractivity (Wildman–Crippen MR) is 109 cm³/mol. The van der Waals surface area contributed by atoms with Crippen molar-refractivity contribution in [3.05, 3.63) is 41.1 Å². The summed E-state index contributed by atoms with van der Waals surface area (Å²) in [5, 5.41) is 15.9. The smallest absolute Gasteiger partial charge is 0.229 e. The summed E-state index contributed by atoms with van der Waals surface area (Å²) >= 11 is 0. The minimum Gasteiger partial charge on any atom is -0.355 e. The summed E-state index contributed by atoms with van der Waals surface area (Å²) in [6, 6.07) is 10.6. The van der Waals surface area contributed by atoms with Crippen LogP contribution in [0, 0.1) is 18.3 Å². The van der Waals surface area contributed by atoms with Gasteiger partial charge in [0.2, 0.25) is 5.95 Å². The van der Waals surface area contributed by atoms with Crippen molar-refractivity contribution in [3.63, 3.8) is 0 Å². The molecule has 6 heteroatoms. The van der Waals surface area contributed by atoms with E-state index >= 15 is 0 Å². The molecular weight excluding hydrogens is 336 g/mol. The van der Waals surface area contributed by atoms with Crippen LogP contribution >= 0.6 is 0 Å². The summed E-state index contributed by atoms with van der Waals surface area (Å²) in [7, 11) is 2.02. The average molecular weight is 364 g/mol. The Balaban J connectivity index is 1.88. The first-order valence-electron chi connectivity index (χ1n) is 9.71. The number of nitriles is 1. The van der Waals surface area contributed by atoms with Crippen molar-refractivity contribution in [1.82, 2.24) is 15.3 Å². The van der Waals surface area contributed by atoms with E-state index in [1.165, 1.54) is 6.42 Å². The van der Waals surface area contributed by atoms with Gasteiger partial charge in [0.25, 0.3) is 0 Å². The van der Waals surface area contributed by atoms with Crippen molar-refractivity contribution < 1.29 is 0 Å². The van der Waals surface area contributed by atoms with Crippen LogP contribution in [0.3, 0.4) is 0 Å². The van der Waals surface area contributed by atoms with Crippen molar-refractivity contribution >= 4 is 17.5 Å². The molecule has 0 radical (unpaired) electrons. The molecule has 1 aliphatic rings. The van der Waals surface area contributed by atoms with Gasteiger partial charge in [0.15, 0.2) is 0 Å². The van der Waals surface area contributed by atoms with Gasteiger partial charge in [0.1, 0.15) is 5.82 Å². The average Bonchev–Trinajstić information content (AvgIpc) is 2.69. The standard InChI is InChI=1S/C21H28N6/c1-4-6-17-12-20(27-10-5-7-19(14-27)23-3)26-21(24-17)25-18-9-8-15(2)16(11-18)13-22/h8-9,11-12,19,23H,4-7,10,14H2,1-3H3,(H,24,25,26)/t19-/m1/s1. The van der Waals surface area contributed by atoms with Crippen LogP contribution in [0.5, 0.6) is 0 Å². The number of nitrogens with one attached hydrogen (secondary N) is 2. The second-order valence-corrected chi connectivity index (χ2v) is 7.13. The van der Waals surface area contributed by atoms with Crippen LogP contribution in [-0.4, -0.2) is 36.1 Å². The number of hydrogen-bond acceptors (Lipinski definition) is 6. The van der Waals surface area contributed by atoms with Gasteiger partial charge >= 0.3 is 0 Å². The van der Waals surface area contributed by atoms with Crippen molar-refractivity contribution in [1.29, 1.82) is 5.26 Å². The third-order valence-corrected chi connectivity index (χ3v) is 5.04. The molecule has 1 atom stereocenters. The van der Waals surface area contributed by atoms with E-state index in [-0.39, 0.29) is 0 Å². The number of likely N-dealkylation sites (N-methyl/N-ethyl adjacent to an activating group) is 1. The Labute approximate surface area is 161 Å². The Kier molecular flexibility index (Phi) is 6.25. The lowest BCUT2D eigenvalue weighted by Crippen LogP contribution is -2.44. The summed E-state index contributed by atoms with van der Waals surface area (Å²) in [4.78, 5) is 11.8. The van der Waals surface area contributed by atoms with Crippen molar-refractivity contribution in [2.75, 3.05) is 30.4 Å². The minimum atomic E-state index is 0.495. The number of benzene rings is 1. The summed E-state index contributed by atoms with van der Waals surface area (Å²) in [6.07, 6.45) is 4.32. The van der Waals surface area contributed by atoms with Gasteiger partial charge in [0.05, 0.1) is 11.6 Å². The maximum Gasteiger partial charge on any atom is 0.229 e. The van der Waals surface area contributed by atoms with Gasteiger partial charge in [-0.2, -0.15) is 10.2 Å². The van der Waals surface area contributed by atoms with E-state index in [1.807, 2.05) is 32.2 Å². The molecule has 1 aliphatic heterocycles. The molecule has 0 saturated carbocycles. The van der Waals surface area contributed by atoms with E-state index in [1.54, 1.807) is 0 Å². The molecule has 0 spiro atoms. The van der Waals surface area contributed by atoms with E-state index < -0.39 is 0 Å². The van der Waals surface area contributed by atoms with Crippen LogP contribution in [0.15, 0.2) is 24.3 Å². The monoisotopic (exact) mass is 364 g/mol. The summed E-state index contributed by atoms with van der Waals surface area (Å²) in [5.74, 6) is 1.57. The van der Waals surface area contributed by atoms with E-state index in [2.05, 4.69) is 39.6 Å². The molecule has 27 heavy (non-hydrogen) atoms. The highest BCUT2D eigenvalue weighted by molar-refractivity contribution is 5.59. The molecule has 2 aromatic rings. The largest absolute Gasteiger partial charge is 0.355 e. The molecule has 6 nitrogen and oxygen atoms in total. The zero-order chi connectivity index (χ0) is 19.2. The first-order valence-corrected chi connectivity index (χ1v) is 9.71. The van der Waals surface area contributed by atoms with Crippen LogP contribution < -0.4 is 15.5 Å². The van der Waals surface area contributed by atoms with Crippen LogP contribution in [0.25, 0.3) is 0 Å². The molecule has 1 saturated heterocycles. The molecule has 142 valence electrons. The number of aromatic nitrogens is 2. The molecule has 2 N–H and O–H groups in total. The van der Waals surface area contributed by atoms with E-state index in [9.17, 15) is 5.26 Å². The zero-order valence-corrected chi connectivity index (χ0v) is 16.4. The lowest BCUT2D eigenvalue weighted by atomic mass is 10.1. The Bertz CT molecular complexity index is 826. The zero-order valence-electron chi connectivity index (χ0n) is 16.4. The molecule has 2 heterocycles. The van der Waals surface area contributed by atoms with Gasteiger partial charge in [-0.05, 0) is 50.9 Å². The first kappa shape index (κ1) is 19.1. The van der Waals surface area contributed by atoms with Crippen molar-refractivity contribution in [2.45, 2.75) is 45.6 Å². The molecule has 0 unspecified atom stereocenters. The van der Waals surface area contributed by atoms with Gasteiger partial charge in [-0.25, -0.2) is 4.98 Å². The molecule has 1 fully saturated rings. The van der Waals surface area contributed by atoms with Gasteiger partial charge in [-0.15, -0.1) is 0 Å². The maximum atomic E-state index is 9.26. The van der Waals surface area contributed by atoms with Gasteiger partial charge in [0, 0.05) is 36.6 Å². The number of piperidine rings is 1.